The van der Waals surface area contributed by atoms with Gasteiger partial charge in [0.15, 0.2) is 0 Å². The van der Waals surface area contributed by atoms with Crippen LogP contribution in [-0.2, 0) is 13.8 Å². The van der Waals surface area contributed by atoms with E-state index in [4.69, 9.17) is 19.8 Å². The minimum absolute atomic E-state index is 0.123. The van der Waals surface area contributed by atoms with Gasteiger partial charge >= 0.3 is 7.60 Å². The van der Waals surface area contributed by atoms with E-state index in [1.165, 1.54) is 6.66 Å². The van der Waals surface area contributed by atoms with Crippen LogP contribution in [0.1, 0.15) is 0 Å². The Labute approximate surface area is 104 Å². The maximum Gasteiger partial charge on any atom is 0.362 e. The number of hydrogen-bond donors (Lipinski definition) is 0. The summed E-state index contributed by atoms with van der Waals surface area (Å²) in [6.07, 6.45) is 0. The van der Waals surface area contributed by atoms with Crippen LogP contribution in [0.2, 0.25) is 0 Å². The largest absolute Gasteiger partial charge is 0.362 e. The first-order valence-corrected chi connectivity index (χ1v) is 6.89. The predicted molar refractivity (Wildman–Crippen MR) is 58.2 cm³/mol. The van der Waals surface area contributed by atoms with Crippen LogP contribution in [0.4, 0.5) is 0 Å². The van der Waals surface area contributed by atoms with Gasteiger partial charge in [-0.3, -0.25) is 4.57 Å². The van der Waals surface area contributed by atoms with Gasteiger partial charge < -0.3 is 0 Å². The molecular weight excluding hydrogens is 355 g/mol. The molecule has 7 nitrogen and oxygen atoms in total. The number of rotatable bonds is 6. The highest BCUT2D eigenvalue weighted by atomic mass is 79.9. The Morgan fingerprint density at radius 3 is 1.80 bits per heavy atom. The Hall–Kier alpha value is 0.01000. The Morgan fingerprint density at radius 1 is 1.20 bits per heavy atom. The van der Waals surface area contributed by atoms with E-state index in [1.807, 2.05) is 0 Å². The molecule has 0 N–H and O–H groups in total. The summed E-state index contributed by atoms with van der Waals surface area (Å²) in [4.78, 5) is 0. The van der Waals surface area contributed by atoms with Crippen molar-refractivity contribution in [3.05, 3.63) is 0 Å². The van der Waals surface area contributed by atoms with Gasteiger partial charge in [0.2, 0.25) is 0 Å². The lowest BCUT2D eigenvalue weighted by Crippen LogP contribution is -2.16. The fraction of sp³-hybridized carbons (Fsp3) is 0.600. The monoisotopic (exact) mass is 360 g/mol. The molecular formula is C5H7Br2N4O3P. The number of hydrogen-bond acceptors (Lipinski definition) is 7. The summed E-state index contributed by atoms with van der Waals surface area (Å²) in [5, 5.41) is 16.6. The minimum atomic E-state index is -3.41. The lowest BCUT2D eigenvalue weighted by molar-refractivity contribution is -0.00629. The molecule has 0 aromatic carbocycles. The summed E-state index contributed by atoms with van der Waals surface area (Å²) in [5.41, 5.74) is 0. The van der Waals surface area contributed by atoms with Gasteiger partial charge in [-0.05, 0) is 0 Å². The van der Waals surface area contributed by atoms with Gasteiger partial charge in [-0.1, -0.05) is 8.18 Å². The van der Waals surface area contributed by atoms with E-state index < -0.39 is 7.60 Å². The Bertz CT molecular complexity index is 299. The van der Waals surface area contributed by atoms with Crippen LogP contribution in [0.25, 0.3) is 0 Å². The molecule has 0 saturated heterocycles. The first-order valence-electron chi connectivity index (χ1n) is 3.48. The summed E-state index contributed by atoms with van der Waals surface area (Å²) in [5.74, 6) is 0. The van der Waals surface area contributed by atoms with Crippen LogP contribution in [0.5, 0.6) is 0 Å². The van der Waals surface area contributed by atoms with E-state index in [2.05, 4.69) is 32.3 Å². The van der Waals surface area contributed by atoms with Crippen LogP contribution < -0.4 is 0 Å². The van der Waals surface area contributed by atoms with E-state index in [0.29, 0.717) is 0 Å². The SMILES string of the molecule is CP(=O)(ON(Br)CC#N)ON(Br)CC#N. The van der Waals surface area contributed by atoms with Gasteiger partial charge in [0.05, 0.1) is 12.1 Å². The third-order valence-corrected chi connectivity index (χ3v) is 3.09. The lowest BCUT2D eigenvalue weighted by Gasteiger charge is -2.19. The summed E-state index contributed by atoms with van der Waals surface area (Å²) < 4.78 is 22.9. The zero-order chi connectivity index (χ0) is 11.9. The first kappa shape index (κ1) is 15.0. The summed E-state index contributed by atoms with van der Waals surface area (Å²) >= 11 is 5.68. The minimum Gasteiger partial charge on any atom is -0.257 e. The van der Waals surface area contributed by atoms with Crippen molar-refractivity contribution in [2.75, 3.05) is 19.8 Å². The quantitative estimate of drug-likeness (QED) is 0.309. The van der Waals surface area contributed by atoms with E-state index >= 15 is 0 Å². The highest BCUT2D eigenvalue weighted by molar-refractivity contribution is 9.07. The zero-order valence-corrected chi connectivity index (χ0v) is 11.7. The third kappa shape index (κ3) is 7.88. The third-order valence-electron chi connectivity index (χ3n) is 0.864. The van der Waals surface area contributed by atoms with Crippen molar-refractivity contribution in [1.29, 1.82) is 10.5 Å². The highest BCUT2D eigenvalue weighted by Crippen LogP contribution is 2.46. The van der Waals surface area contributed by atoms with Crippen molar-refractivity contribution in [3.63, 3.8) is 0 Å². The molecule has 0 bridgehead atoms. The van der Waals surface area contributed by atoms with Crippen molar-refractivity contribution in [1.82, 2.24) is 8.18 Å². The number of halogens is 2. The van der Waals surface area contributed by atoms with Gasteiger partial charge in [0, 0.05) is 39.0 Å². The maximum absolute atomic E-state index is 11.6. The average Bonchev–Trinajstić information content (AvgIpc) is 2.01. The average molecular weight is 362 g/mol. The Morgan fingerprint density at radius 2 is 1.53 bits per heavy atom. The smallest absolute Gasteiger partial charge is 0.257 e. The van der Waals surface area contributed by atoms with Crippen molar-refractivity contribution in [2.45, 2.75) is 0 Å². The van der Waals surface area contributed by atoms with Gasteiger partial charge in [-0.25, -0.2) is 9.25 Å². The van der Waals surface area contributed by atoms with Crippen molar-refractivity contribution in [3.8, 4) is 12.1 Å². The molecule has 0 spiro atoms. The van der Waals surface area contributed by atoms with Crippen molar-refractivity contribution >= 4 is 39.9 Å². The van der Waals surface area contributed by atoms with Crippen LogP contribution in [0.3, 0.4) is 0 Å². The predicted octanol–water partition coefficient (Wildman–Crippen LogP) is 1.94. The fourth-order valence-corrected chi connectivity index (χ4v) is 2.93. The zero-order valence-electron chi connectivity index (χ0n) is 7.63. The van der Waals surface area contributed by atoms with E-state index in [-0.39, 0.29) is 13.1 Å². The topological polar surface area (TPSA) is 89.6 Å². The second-order valence-electron chi connectivity index (χ2n) is 2.20. The van der Waals surface area contributed by atoms with E-state index in [1.54, 1.807) is 12.1 Å². The summed E-state index contributed by atoms with van der Waals surface area (Å²) in [6.45, 7) is 0.952. The number of nitriles is 2. The maximum atomic E-state index is 11.6. The molecule has 0 atom stereocenters. The molecule has 0 amide bonds. The van der Waals surface area contributed by atoms with E-state index in [0.717, 1.165) is 8.18 Å². The molecule has 0 aromatic rings. The molecule has 0 aliphatic rings. The molecule has 0 aliphatic heterocycles. The molecule has 0 aromatic heterocycles. The van der Waals surface area contributed by atoms with Crippen LogP contribution in [0, 0.1) is 22.7 Å². The van der Waals surface area contributed by atoms with Gasteiger partial charge in [-0.15, -0.1) is 0 Å². The first-order chi connectivity index (χ1) is 6.91. The van der Waals surface area contributed by atoms with Gasteiger partial charge in [-0.2, -0.15) is 10.5 Å². The van der Waals surface area contributed by atoms with Gasteiger partial charge in [0.1, 0.15) is 13.1 Å². The molecule has 10 heteroatoms. The molecule has 84 valence electrons. The standard InChI is InChI=1S/C5H7Br2N4O3P/c1-15(12,13-10(6)4-2-8)14-11(7)5-3-9/h4-5H2,1H3. The normalized spacial score (nSPS) is 11.4. The number of nitrogens with zero attached hydrogens (tertiary/aromatic N) is 4. The second-order valence-corrected chi connectivity index (χ2v) is 5.65. The molecule has 0 fully saturated rings. The van der Waals surface area contributed by atoms with Crippen LogP contribution in [-0.4, -0.2) is 27.9 Å². The fourth-order valence-electron chi connectivity index (χ4n) is 0.506. The molecule has 0 heterocycles. The van der Waals surface area contributed by atoms with E-state index in [9.17, 15) is 4.57 Å². The van der Waals surface area contributed by atoms with Crippen molar-refractivity contribution < 1.29 is 13.8 Å². The lowest BCUT2D eigenvalue weighted by atomic mass is 10.8. The molecule has 0 radical (unpaired) electrons. The van der Waals surface area contributed by atoms with Crippen LogP contribution in [0.15, 0.2) is 0 Å². The summed E-state index contributed by atoms with van der Waals surface area (Å²) in [7, 11) is -3.41. The summed E-state index contributed by atoms with van der Waals surface area (Å²) in [6, 6.07) is 3.54. The molecule has 15 heavy (non-hydrogen) atoms. The molecule has 0 aliphatic carbocycles. The molecule has 0 rings (SSSR count). The second kappa shape index (κ2) is 7.31. The Kier molecular flexibility index (Phi) is 7.32. The van der Waals surface area contributed by atoms with Crippen LogP contribution >= 0.6 is 39.9 Å². The molecule has 0 saturated carbocycles. The Balaban J connectivity index is 4.14. The molecule has 0 unspecified atom stereocenters. The van der Waals surface area contributed by atoms with Crippen molar-refractivity contribution in [2.24, 2.45) is 0 Å². The number of hydroxylamine groups is 2. The van der Waals surface area contributed by atoms with Gasteiger partial charge in [0.25, 0.3) is 0 Å². The highest BCUT2D eigenvalue weighted by Gasteiger charge is 2.24.